The van der Waals surface area contributed by atoms with Gasteiger partial charge in [0.05, 0.1) is 21.1 Å². The molecule has 22 heavy (non-hydrogen) atoms. The summed E-state index contributed by atoms with van der Waals surface area (Å²) < 4.78 is 24.4. The van der Waals surface area contributed by atoms with Crippen molar-refractivity contribution in [2.45, 2.75) is 18.4 Å². The van der Waals surface area contributed by atoms with Gasteiger partial charge in [-0.05, 0) is 19.1 Å². The molecule has 0 atom stereocenters. The van der Waals surface area contributed by atoms with Crippen molar-refractivity contribution in [2.24, 2.45) is 0 Å². The number of rotatable bonds is 4. The number of hydrogen-bond acceptors (Lipinski definition) is 5. The normalized spacial score (nSPS) is 11.6. The van der Waals surface area contributed by atoms with Gasteiger partial charge < -0.3 is 5.11 Å². The maximum atomic E-state index is 12.4. The first-order valence-electron chi connectivity index (χ1n) is 6.16. The Morgan fingerprint density at radius 3 is 2.41 bits per heavy atom. The van der Waals surface area contributed by atoms with Gasteiger partial charge in [-0.15, -0.1) is 0 Å². The van der Waals surface area contributed by atoms with Gasteiger partial charge >= 0.3 is 0 Å². The van der Waals surface area contributed by atoms with Crippen molar-refractivity contribution in [3.8, 4) is 5.88 Å². The number of carbonyl (C=O) groups is 1. The first-order chi connectivity index (χ1) is 10.2. The van der Waals surface area contributed by atoms with Gasteiger partial charge in [-0.25, -0.2) is 13.1 Å². The van der Waals surface area contributed by atoms with E-state index in [1.54, 1.807) is 6.92 Å². The van der Waals surface area contributed by atoms with Crippen molar-refractivity contribution in [1.82, 2.24) is 9.78 Å². The molecule has 1 N–H and O–H groups in total. The van der Waals surface area contributed by atoms with Crippen LogP contribution in [0.1, 0.15) is 22.8 Å². The summed E-state index contributed by atoms with van der Waals surface area (Å²) in [6.07, 6.45) is 2.21. The number of ketones is 1. The number of hydrogen-bond donors (Lipinski definition) is 1. The van der Waals surface area contributed by atoms with Crippen LogP contribution in [0.4, 0.5) is 0 Å². The van der Waals surface area contributed by atoms with Gasteiger partial charge in [-0.3, -0.25) is 4.79 Å². The maximum absolute atomic E-state index is 12.4. The molecule has 0 radical (unpaired) electrons. The van der Waals surface area contributed by atoms with E-state index in [1.807, 2.05) is 0 Å². The highest BCUT2D eigenvalue weighted by molar-refractivity contribution is 7.90. The zero-order valence-corrected chi connectivity index (χ0v) is 14.0. The minimum absolute atomic E-state index is 0.00924. The zero-order chi connectivity index (χ0) is 16.7. The number of aromatic hydroxyl groups is 1. The predicted octanol–water partition coefficient (Wildman–Crippen LogP) is 2.55. The van der Waals surface area contributed by atoms with E-state index in [0.29, 0.717) is 6.54 Å². The van der Waals surface area contributed by atoms with Crippen LogP contribution in [0.3, 0.4) is 0 Å². The largest absolute Gasteiger partial charge is 0.493 e. The molecule has 0 unspecified atom stereocenters. The molecule has 0 amide bonds. The smallest absolute Gasteiger partial charge is 0.220 e. The molecule has 2 aromatic rings. The average molecular weight is 363 g/mol. The summed E-state index contributed by atoms with van der Waals surface area (Å²) in [4.78, 5) is 12.3. The first kappa shape index (κ1) is 16.8. The summed E-state index contributed by atoms with van der Waals surface area (Å²) in [5.41, 5.74) is -0.0445. The van der Waals surface area contributed by atoms with E-state index >= 15 is 0 Å². The molecule has 6 nitrogen and oxygen atoms in total. The molecule has 1 aromatic carbocycles. The Balaban J connectivity index is 2.56. The van der Waals surface area contributed by atoms with E-state index in [0.717, 1.165) is 6.26 Å². The van der Waals surface area contributed by atoms with Crippen LogP contribution >= 0.6 is 23.2 Å². The molecule has 0 aliphatic heterocycles. The number of benzene rings is 1. The second-order valence-electron chi connectivity index (χ2n) is 4.54. The molecule has 0 bridgehead atoms. The van der Waals surface area contributed by atoms with Crippen molar-refractivity contribution >= 4 is 38.8 Å². The number of carbonyl (C=O) groups excluding carboxylic acids is 1. The number of sulfone groups is 1. The topological polar surface area (TPSA) is 89.3 Å². The van der Waals surface area contributed by atoms with Crippen LogP contribution in [0.5, 0.6) is 5.88 Å². The van der Waals surface area contributed by atoms with E-state index in [9.17, 15) is 18.3 Å². The third-order valence-electron chi connectivity index (χ3n) is 3.05. The van der Waals surface area contributed by atoms with E-state index in [1.165, 1.54) is 23.0 Å². The summed E-state index contributed by atoms with van der Waals surface area (Å²) in [6.45, 7) is 2.15. The van der Waals surface area contributed by atoms with Crippen molar-refractivity contribution < 1.29 is 18.3 Å². The highest BCUT2D eigenvalue weighted by Crippen LogP contribution is 2.34. The van der Waals surface area contributed by atoms with Gasteiger partial charge in [0, 0.05) is 18.4 Å². The van der Waals surface area contributed by atoms with Gasteiger partial charge in [-0.1, -0.05) is 23.2 Å². The molecule has 9 heteroatoms. The van der Waals surface area contributed by atoms with E-state index in [4.69, 9.17) is 23.2 Å². The Bertz CT molecular complexity index is 859. The minimum Gasteiger partial charge on any atom is -0.493 e. The zero-order valence-electron chi connectivity index (χ0n) is 11.7. The van der Waals surface area contributed by atoms with Gasteiger partial charge in [-0.2, -0.15) is 5.10 Å². The summed E-state index contributed by atoms with van der Waals surface area (Å²) in [7, 11) is -3.56. The standard InChI is InChI=1S/C13H12Cl2N2O4S/c1-3-17-13(19)8(6-16-17)12(18)7-4-5-9(22(2,20)21)11(15)10(7)14/h4-6,19H,3H2,1-2H3. The molecule has 2 rings (SSSR count). The Morgan fingerprint density at radius 1 is 1.27 bits per heavy atom. The molecule has 0 aliphatic rings. The average Bonchev–Trinajstić information content (AvgIpc) is 2.80. The summed E-state index contributed by atoms with van der Waals surface area (Å²) in [5, 5.41) is 13.4. The van der Waals surface area contributed by atoms with Crippen LogP contribution < -0.4 is 0 Å². The summed E-state index contributed by atoms with van der Waals surface area (Å²) >= 11 is 12.0. The minimum atomic E-state index is -3.56. The van der Waals surface area contributed by atoms with Crippen molar-refractivity contribution in [3.05, 3.63) is 39.5 Å². The third-order valence-corrected chi connectivity index (χ3v) is 5.18. The van der Waals surface area contributed by atoms with Crippen LogP contribution in [0.2, 0.25) is 10.0 Å². The van der Waals surface area contributed by atoms with Crippen LogP contribution in [0.25, 0.3) is 0 Å². The van der Waals surface area contributed by atoms with Crippen LogP contribution in [0.15, 0.2) is 23.2 Å². The molecule has 0 spiro atoms. The number of halogens is 2. The van der Waals surface area contributed by atoms with Crippen LogP contribution in [-0.4, -0.2) is 35.3 Å². The molecule has 0 saturated heterocycles. The van der Waals surface area contributed by atoms with E-state index in [2.05, 4.69) is 5.10 Å². The molecule has 1 aromatic heterocycles. The van der Waals surface area contributed by atoms with E-state index < -0.39 is 15.6 Å². The Hall–Kier alpha value is -1.57. The lowest BCUT2D eigenvalue weighted by atomic mass is 10.1. The number of aryl methyl sites for hydroxylation is 1. The predicted molar refractivity (Wildman–Crippen MR) is 82.6 cm³/mol. The fourth-order valence-corrected chi connectivity index (χ4v) is 3.54. The molecule has 118 valence electrons. The molecule has 0 saturated carbocycles. The number of aromatic nitrogens is 2. The SMILES string of the molecule is CCn1ncc(C(=O)c2ccc(S(C)(=O)=O)c(Cl)c2Cl)c1O. The second-order valence-corrected chi connectivity index (χ2v) is 7.28. The van der Waals surface area contributed by atoms with Gasteiger partial charge in [0.15, 0.2) is 9.84 Å². The fourth-order valence-electron chi connectivity index (χ4n) is 1.91. The lowest BCUT2D eigenvalue weighted by molar-refractivity contribution is 0.103. The van der Waals surface area contributed by atoms with Crippen LogP contribution in [0, 0.1) is 0 Å². The molecular weight excluding hydrogens is 351 g/mol. The summed E-state index contributed by atoms with van der Waals surface area (Å²) in [5.74, 6) is -0.879. The lowest BCUT2D eigenvalue weighted by Gasteiger charge is -2.08. The van der Waals surface area contributed by atoms with Crippen LogP contribution in [-0.2, 0) is 16.4 Å². The monoisotopic (exact) mass is 362 g/mol. The molecule has 1 heterocycles. The van der Waals surface area contributed by atoms with Crippen molar-refractivity contribution in [1.29, 1.82) is 0 Å². The van der Waals surface area contributed by atoms with Gasteiger partial charge in [0.2, 0.25) is 11.7 Å². The highest BCUT2D eigenvalue weighted by atomic mass is 35.5. The van der Waals surface area contributed by atoms with Crippen molar-refractivity contribution in [3.63, 3.8) is 0 Å². The number of nitrogens with zero attached hydrogens (tertiary/aromatic N) is 2. The molecular formula is C13H12Cl2N2O4S. The second kappa shape index (κ2) is 5.91. The Labute approximate surface area is 137 Å². The Morgan fingerprint density at radius 2 is 1.91 bits per heavy atom. The first-order valence-corrected chi connectivity index (χ1v) is 8.80. The van der Waals surface area contributed by atoms with Gasteiger partial charge in [0.25, 0.3) is 0 Å². The third kappa shape index (κ3) is 2.84. The van der Waals surface area contributed by atoms with E-state index in [-0.39, 0.29) is 31.9 Å². The van der Waals surface area contributed by atoms with Crippen molar-refractivity contribution in [2.75, 3.05) is 6.26 Å². The summed E-state index contributed by atoms with van der Waals surface area (Å²) in [6, 6.07) is 2.47. The van der Waals surface area contributed by atoms with Gasteiger partial charge in [0.1, 0.15) is 5.56 Å². The highest BCUT2D eigenvalue weighted by Gasteiger charge is 2.24. The fraction of sp³-hybridized carbons (Fsp3) is 0.231. The molecule has 0 aliphatic carbocycles. The molecule has 0 fully saturated rings. The quantitative estimate of drug-likeness (QED) is 0.844. The maximum Gasteiger partial charge on any atom is 0.220 e. The Kier molecular flexibility index (Phi) is 4.51. The lowest BCUT2D eigenvalue weighted by Crippen LogP contribution is -2.05.